The van der Waals surface area contributed by atoms with Crippen LogP contribution in [-0.2, 0) is 4.74 Å². The predicted octanol–water partition coefficient (Wildman–Crippen LogP) is 4.17. The highest BCUT2D eigenvalue weighted by molar-refractivity contribution is 9.10. The van der Waals surface area contributed by atoms with Gasteiger partial charge in [0.25, 0.3) is 0 Å². The molecule has 2 rings (SSSR count). The standard InChI is InChI=1S/C14H12BrClN2O3/c1-3-20-13(19)10-7-17-14(18-8(10)2)21-12-6-9(15)4-5-11(12)16/h4-7H,3H2,1-2H3. The highest BCUT2D eigenvalue weighted by Gasteiger charge is 2.14. The Kier molecular flexibility index (Phi) is 5.14. The lowest BCUT2D eigenvalue weighted by Gasteiger charge is -2.08. The highest BCUT2D eigenvalue weighted by atomic mass is 79.9. The van der Waals surface area contributed by atoms with Crippen LogP contribution < -0.4 is 4.74 Å². The maximum Gasteiger partial charge on any atom is 0.341 e. The van der Waals surface area contributed by atoms with Gasteiger partial charge in [0.1, 0.15) is 0 Å². The summed E-state index contributed by atoms with van der Waals surface area (Å²) in [5.74, 6) is -0.0311. The third kappa shape index (κ3) is 3.92. The fourth-order valence-corrected chi connectivity index (χ4v) is 2.05. The zero-order chi connectivity index (χ0) is 15.4. The first-order valence-electron chi connectivity index (χ1n) is 6.15. The van der Waals surface area contributed by atoms with Gasteiger partial charge < -0.3 is 9.47 Å². The van der Waals surface area contributed by atoms with Crippen molar-refractivity contribution < 1.29 is 14.3 Å². The van der Waals surface area contributed by atoms with E-state index < -0.39 is 5.97 Å². The molecule has 0 aliphatic heterocycles. The minimum absolute atomic E-state index is 0.112. The van der Waals surface area contributed by atoms with Crippen molar-refractivity contribution in [2.75, 3.05) is 6.61 Å². The van der Waals surface area contributed by atoms with Crippen molar-refractivity contribution in [2.45, 2.75) is 13.8 Å². The zero-order valence-corrected chi connectivity index (χ0v) is 13.7. The highest BCUT2D eigenvalue weighted by Crippen LogP contribution is 2.30. The Labute approximate surface area is 135 Å². The first-order chi connectivity index (χ1) is 10.0. The number of benzene rings is 1. The average molecular weight is 372 g/mol. The molecule has 0 bridgehead atoms. The van der Waals surface area contributed by atoms with Gasteiger partial charge in [-0.2, -0.15) is 4.98 Å². The number of nitrogens with zero attached hydrogens (tertiary/aromatic N) is 2. The molecule has 0 fully saturated rings. The molecule has 7 heteroatoms. The molecule has 0 N–H and O–H groups in total. The summed E-state index contributed by atoms with van der Waals surface area (Å²) in [4.78, 5) is 19.8. The molecule has 0 radical (unpaired) electrons. The summed E-state index contributed by atoms with van der Waals surface area (Å²) >= 11 is 9.36. The SMILES string of the molecule is CCOC(=O)c1cnc(Oc2cc(Br)ccc2Cl)nc1C. The second-order valence-corrected chi connectivity index (χ2v) is 5.37. The summed E-state index contributed by atoms with van der Waals surface area (Å²) in [6, 6.07) is 5.31. The summed E-state index contributed by atoms with van der Waals surface area (Å²) in [6.45, 7) is 3.72. The average Bonchev–Trinajstić information content (AvgIpc) is 2.43. The van der Waals surface area contributed by atoms with Crippen LogP contribution in [0.15, 0.2) is 28.9 Å². The Hall–Kier alpha value is -1.66. The lowest BCUT2D eigenvalue weighted by atomic mass is 10.2. The Morgan fingerprint density at radius 1 is 1.43 bits per heavy atom. The molecule has 0 atom stereocenters. The lowest BCUT2D eigenvalue weighted by molar-refractivity contribution is 0.0524. The fraction of sp³-hybridized carbons (Fsp3) is 0.214. The van der Waals surface area contributed by atoms with Crippen LogP contribution in [0.1, 0.15) is 23.0 Å². The summed E-state index contributed by atoms with van der Waals surface area (Å²) in [5.41, 5.74) is 0.786. The molecular formula is C14H12BrClN2O3. The van der Waals surface area contributed by atoms with Gasteiger partial charge in [0.05, 0.1) is 22.9 Å². The van der Waals surface area contributed by atoms with Crippen molar-refractivity contribution in [3.05, 3.63) is 45.1 Å². The molecule has 110 valence electrons. The van der Waals surface area contributed by atoms with Crippen LogP contribution in [-0.4, -0.2) is 22.5 Å². The first kappa shape index (κ1) is 15.7. The van der Waals surface area contributed by atoms with Gasteiger partial charge in [0.15, 0.2) is 5.75 Å². The van der Waals surface area contributed by atoms with Gasteiger partial charge in [-0.05, 0) is 32.0 Å². The number of carbonyl (C=O) groups excluding carboxylic acids is 1. The van der Waals surface area contributed by atoms with Crippen molar-refractivity contribution >= 4 is 33.5 Å². The van der Waals surface area contributed by atoms with Crippen LogP contribution in [0.4, 0.5) is 0 Å². The number of aryl methyl sites for hydroxylation is 1. The van der Waals surface area contributed by atoms with E-state index in [1.54, 1.807) is 32.0 Å². The number of rotatable bonds is 4. The van der Waals surface area contributed by atoms with E-state index in [0.29, 0.717) is 28.6 Å². The number of aromatic nitrogens is 2. The monoisotopic (exact) mass is 370 g/mol. The van der Waals surface area contributed by atoms with Gasteiger partial charge >= 0.3 is 12.0 Å². The van der Waals surface area contributed by atoms with Gasteiger partial charge in [-0.15, -0.1) is 0 Å². The van der Waals surface area contributed by atoms with Crippen molar-refractivity contribution in [1.29, 1.82) is 0 Å². The number of hydrogen-bond acceptors (Lipinski definition) is 5. The van der Waals surface area contributed by atoms with E-state index in [1.165, 1.54) is 6.20 Å². The molecular weight excluding hydrogens is 360 g/mol. The van der Waals surface area contributed by atoms with Gasteiger partial charge in [-0.25, -0.2) is 9.78 Å². The molecule has 5 nitrogen and oxygen atoms in total. The molecule has 2 aromatic rings. The Morgan fingerprint density at radius 3 is 2.86 bits per heavy atom. The fourth-order valence-electron chi connectivity index (χ4n) is 1.56. The van der Waals surface area contributed by atoms with Gasteiger partial charge in [-0.1, -0.05) is 27.5 Å². The predicted molar refractivity (Wildman–Crippen MR) is 82.0 cm³/mol. The quantitative estimate of drug-likeness (QED) is 0.755. The second-order valence-electron chi connectivity index (χ2n) is 4.05. The Morgan fingerprint density at radius 2 is 2.19 bits per heavy atom. The normalized spacial score (nSPS) is 10.3. The van der Waals surface area contributed by atoms with E-state index in [9.17, 15) is 4.79 Å². The molecule has 0 saturated carbocycles. The Balaban J connectivity index is 2.24. The minimum Gasteiger partial charge on any atom is -0.462 e. The molecule has 0 saturated heterocycles. The summed E-state index contributed by atoms with van der Waals surface area (Å²) in [5, 5.41) is 0.439. The van der Waals surface area contributed by atoms with Crippen LogP contribution in [0.2, 0.25) is 5.02 Å². The van der Waals surface area contributed by atoms with E-state index in [4.69, 9.17) is 21.1 Å². The summed E-state index contributed by atoms with van der Waals surface area (Å²) in [6.07, 6.45) is 1.38. The van der Waals surface area contributed by atoms with E-state index in [-0.39, 0.29) is 6.01 Å². The van der Waals surface area contributed by atoms with Crippen LogP contribution >= 0.6 is 27.5 Å². The maximum absolute atomic E-state index is 11.7. The number of hydrogen-bond donors (Lipinski definition) is 0. The number of carbonyl (C=O) groups is 1. The van der Waals surface area contributed by atoms with E-state index in [0.717, 1.165) is 4.47 Å². The largest absolute Gasteiger partial charge is 0.462 e. The van der Waals surface area contributed by atoms with Gasteiger partial charge in [0, 0.05) is 10.7 Å². The van der Waals surface area contributed by atoms with Gasteiger partial charge in [-0.3, -0.25) is 0 Å². The molecule has 1 aromatic carbocycles. The third-order valence-corrected chi connectivity index (χ3v) is 3.35. The van der Waals surface area contributed by atoms with Crippen LogP contribution in [0.5, 0.6) is 11.8 Å². The molecule has 1 aromatic heterocycles. The van der Waals surface area contributed by atoms with E-state index in [1.807, 2.05) is 0 Å². The topological polar surface area (TPSA) is 61.3 Å². The lowest BCUT2D eigenvalue weighted by Crippen LogP contribution is -2.09. The molecule has 0 amide bonds. The van der Waals surface area contributed by atoms with Crippen LogP contribution in [0.25, 0.3) is 0 Å². The van der Waals surface area contributed by atoms with Gasteiger partial charge in [0.2, 0.25) is 0 Å². The smallest absolute Gasteiger partial charge is 0.341 e. The third-order valence-electron chi connectivity index (χ3n) is 2.55. The number of ether oxygens (including phenoxy) is 2. The van der Waals surface area contributed by atoms with Crippen molar-refractivity contribution in [1.82, 2.24) is 9.97 Å². The molecule has 1 heterocycles. The number of esters is 1. The minimum atomic E-state index is -0.456. The Bertz CT molecular complexity index is 679. The molecule has 0 aliphatic rings. The molecule has 0 spiro atoms. The van der Waals surface area contributed by atoms with E-state index in [2.05, 4.69) is 25.9 Å². The van der Waals surface area contributed by atoms with Crippen LogP contribution in [0.3, 0.4) is 0 Å². The van der Waals surface area contributed by atoms with Crippen LogP contribution in [0, 0.1) is 6.92 Å². The molecule has 21 heavy (non-hydrogen) atoms. The maximum atomic E-state index is 11.7. The summed E-state index contributed by atoms with van der Waals surface area (Å²) in [7, 11) is 0. The second kappa shape index (κ2) is 6.87. The first-order valence-corrected chi connectivity index (χ1v) is 7.32. The number of halogens is 2. The van der Waals surface area contributed by atoms with E-state index >= 15 is 0 Å². The molecule has 0 unspecified atom stereocenters. The van der Waals surface area contributed by atoms with Crippen molar-refractivity contribution in [3.63, 3.8) is 0 Å². The summed E-state index contributed by atoms with van der Waals surface area (Å²) < 4.78 is 11.3. The zero-order valence-electron chi connectivity index (χ0n) is 11.4. The molecule has 0 aliphatic carbocycles. The van der Waals surface area contributed by atoms with Crippen molar-refractivity contribution in [3.8, 4) is 11.8 Å². The van der Waals surface area contributed by atoms with Crippen molar-refractivity contribution in [2.24, 2.45) is 0 Å².